The molecule has 0 aliphatic rings. The molecule has 0 saturated heterocycles. The molecular formula is C18H19N5O3S2. The number of aromatic nitrogens is 4. The first kappa shape index (κ1) is 20.0. The highest BCUT2D eigenvalue weighted by Crippen LogP contribution is 2.27. The molecule has 0 spiro atoms. The van der Waals surface area contributed by atoms with E-state index in [2.05, 4.69) is 20.5 Å². The zero-order chi connectivity index (χ0) is 20.1. The van der Waals surface area contributed by atoms with Gasteiger partial charge in [-0.3, -0.25) is 14.9 Å². The van der Waals surface area contributed by atoms with E-state index >= 15 is 0 Å². The van der Waals surface area contributed by atoms with Crippen molar-refractivity contribution in [1.82, 2.24) is 19.7 Å². The summed E-state index contributed by atoms with van der Waals surface area (Å²) in [5.74, 6) is -0.475. The van der Waals surface area contributed by atoms with Gasteiger partial charge in [0, 0.05) is 0 Å². The minimum absolute atomic E-state index is 0.0132. The molecule has 10 heteroatoms. The Labute approximate surface area is 170 Å². The summed E-state index contributed by atoms with van der Waals surface area (Å²) in [5.41, 5.74) is 2.86. The van der Waals surface area contributed by atoms with E-state index in [1.54, 1.807) is 10.8 Å². The zero-order valence-electron chi connectivity index (χ0n) is 15.6. The van der Waals surface area contributed by atoms with Crippen molar-refractivity contribution in [2.45, 2.75) is 25.5 Å². The number of esters is 1. The Balaban J connectivity index is 1.76. The summed E-state index contributed by atoms with van der Waals surface area (Å²) in [5, 5.41) is 12.2. The quantitative estimate of drug-likeness (QED) is 0.466. The van der Waals surface area contributed by atoms with Crippen LogP contribution in [0, 0.1) is 13.8 Å². The number of imidazole rings is 1. The molecule has 0 fully saturated rings. The highest BCUT2D eigenvalue weighted by Gasteiger charge is 2.17. The normalized spacial score (nSPS) is 10.7. The number of thioether (sulfide) groups is 1. The molecule has 2 aromatic heterocycles. The summed E-state index contributed by atoms with van der Waals surface area (Å²) in [6, 6.07) is 7.93. The number of nitrogens with one attached hydrogen (secondary N) is 1. The molecule has 0 aliphatic heterocycles. The fourth-order valence-electron chi connectivity index (χ4n) is 2.41. The lowest BCUT2D eigenvalue weighted by molar-refractivity contribution is -0.141. The molecule has 3 aromatic rings. The number of hydrogen-bond donors (Lipinski definition) is 1. The largest absolute Gasteiger partial charge is 0.468 e. The highest BCUT2D eigenvalue weighted by molar-refractivity contribution is 7.99. The first-order chi connectivity index (χ1) is 13.5. The van der Waals surface area contributed by atoms with Crippen LogP contribution >= 0.6 is 23.1 Å². The molecule has 1 aromatic carbocycles. The molecule has 0 aliphatic carbocycles. The fourth-order valence-corrected chi connectivity index (χ4v) is 3.79. The van der Waals surface area contributed by atoms with Gasteiger partial charge in [-0.25, -0.2) is 4.98 Å². The van der Waals surface area contributed by atoms with E-state index in [0.29, 0.717) is 10.3 Å². The molecule has 1 N–H and O–H groups in total. The van der Waals surface area contributed by atoms with Crippen LogP contribution in [-0.2, 0) is 20.9 Å². The maximum absolute atomic E-state index is 12.2. The van der Waals surface area contributed by atoms with Crippen molar-refractivity contribution < 1.29 is 14.3 Å². The second kappa shape index (κ2) is 8.98. The van der Waals surface area contributed by atoms with E-state index in [1.165, 1.54) is 30.2 Å². The number of ether oxygens (including phenoxy) is 1. The average Bonchev–Trinajstić information content (AvgIpc) is 3.26. The minimum Gasteiger partial charge on any atom is -0.468 e. The van der Waals surface area contributed by atoms with Crippen LogP contribution in [0.4, 0.5) is 5.13 Å². The highest BCUT2D eigenvalue weighted by atomic mass is 32.2. The van der Waals surface area contributed by atoms with Gasteiger partial charge in [-0.15, -0.1) is 10.2 Å². The van der Waals surface area contributed by atoms with Crippen LogP contribution in [-0.4, -0.2) is 44.5 Å². The third-order valence-corrected chi connectivity index (χ3v) is 5.53. The maximum Gasteiger partial charge on any atom is 0.325 e. The molecule has 1 amide bonds. The van der Waals surface area contributed by atoms with E-state index in [1.807, 2.05) is 38.1 Å². The summed E-state index contributed by atoms with van der Waals surface area (Å²) in [6.07, 6.45) is 1.70. The van der Waals surface area contributed by atoms with Gasteiger partial charge in [-0.2, -0.15) is 0 Å². The van der Waals surface area contributed by atoms with Gasteiger partial charge in [0.15, 0.2) is 5.16 Å². The number of hydrogen-bond acceptors (Lipinski definition) is 8. The van der Waals surface area contributed by atoms with Gasteiger partial charge in [0.1, 0.15) is 11.6 Å². The number of methoxy groups -OCH3 is 1. The topological polar surface area (TPSA) is 99.0 Å². The first-order valence-corrected chi connectivity index (χ1v) is 10.2. The second-order valence-electron chi connectivity index (χ2n) is 5.92. The Morgan fingerprint density at radius 2 is 1.96 bits per heavy atom. The van der Waals surface area contributed by atoms with Crippen LogP contribution in [0.2, 0.25) is 0 Å². The molecule has 0 saturated carbocycles. The van der Waals surface area contributed by atoms with Crippen LogP contribution in [0.3, 0.4) is 0 Å². The number of carbonyl (C=O) groups is 2. The number of carbonyl (C=O) groups excluding carboxylic acids is 2. The van der Waals surface area contributed by atoms with Crippen LogP contribution in [0.15, 0.2) is 35.6 Å². The molecule has 146 valence electrons. The predicted octanol–water partition coefficient (Wildman–Crippen LogP) is 2.92. The Hall–Kier alpha value is -2.72. The SMILES string of the molecule is COC(=O)Cn1c(-c2ccc(C)cc2)cnc1SCC(=O)Nc1nnc(C)s1. The summed E-state index contributed by atoms with van der Waals surface area (Å²) >= 11 is 2.55. The Kier molecular flexibility index (Phi) is 6.42. The van der Waals surface area contributed by atoms with Crippen LogP contribution in [0.1, 0.15) is 10.6 Å². The third kappa shape index (κ3) is 4.96. The van der Waals surface area contributed by atoms with Gasteiger partial charge in [0.2, 0.25) is 11.0 Å². The summed E-state index contributed by atoms with van der Waals surface area (Å²) in [7, 11) is 1.34. The van der Waals surface area contributed by atoms with Crippen molar-refractivity contribution in [3.8, 4) is 11.3 Å². The smallest absolute Gasteiger partial charge is 0.325 e. The van der Waals surface area contributed by atoms with Crippen molar-refractivity contribution in [2.75, 3.05) is 18.2 Å². The second-order valence-corrected chi connectivity index (χ2v) is 8.04. The summed E-state index contributed by atoms with van der Waals surface area (Å²) in [4.78, 5) is 28.5. The van der Waals surface area contributed by atoms with E-state index in [-0.39, 0.29) is 24.2 Å². The molecule has 0 bridgehead atoms. The number of amides is 1. The third-order valence-electron chi connectivity index (χ3n) is 3.79. The Morgan fingerprint density at radius 3 is 2.61 bits per heavy atom. The van der Waals surface area contributed by atoms with Crippen molar-refractivity contribution >= 4 is 40.1 Å². The van der Waals surface area contributed by atoms with Gasteiger partial charge in [0.25, 0.3) is 0 Å². The monoisotopic (exact) mass is 417 g/mol. The lowest BCUT2D eigenvalue weighted by atomic mass is 10.1. The molecule has 28 heavy (non-hydrogen) atoms. The molecule has 0 atom stereocenters. The van der Waals surface area contributed by atoms with E-state index in [9.17, 15) is 9.59 Å². The van der Waals surface area contributed by atoms with E-state index in [4.69, 9.17) is 4.74 Å². The molecule has 0 radical (unpaired) electrons. The van der Waals surface area contributed by atoms with Gasteiger partial charge in [-0.05, 0) is 19.4 Å². The van der Waals surface area contributed by atoms with Gasteiger partial charge >= 0.3 is 5.97 Å². The van der Waals surface area contributed by atoms with Crippen molar-refractivity contribution in [2.24, 2.45) is 0 Å². The van der Waals surface area contributed by atoms with Gasteiger partial charge in [0.05, 0.1) is 24.8 Å². The number of nitrogens with zero attached hydrogens (tertiary/aromatic N) is 4. The first-order valence-electron chi connectivity index (χ1n) is 8.38. The predicted molar refractivity (Wildman–Crippen MR) is 108 cm³/mol. The zero-order valence-corrected chi connectivity index (χ0v) is 17.3. The van der Waals surface area contributed by atoms with E-state index in [0.717, 1.165) is 21.8 Å². The number of rotatable bonds is 7. The Morgan fingerprint density at radius 1 is 1.21 bits per heavy atom. The van der Waals surface area contributed by atoms with Crippen LogP contribution in [0.25, 0.3) is 11.3 Å². The standard InChI is InChI=1S/C18H19N5O3S2/c1-11-4-6-13(7-5-11)14-8-19-18(23(14)9-16(25)26-3)27-10-15(24)20-17-22-21-12(2)28-17/h4-8H,9-10H2,1-3H3,(H,20,22,24). The summed E-state index contributed by atoms with van der Waals surface area (Å²) < 4.78 is 6.56. The Bertz CT molecular complexity index is 982. The van der Waals surface area contributed by atoms with Crippen LogP contribution in [0.5, 0.6) is 0 Å². The van der Waals surface area contributed by atoms with Gasteiger partial charge < -0.3 is 9.30 Å². The van der Waals surface area contributed by atoms with Crippen molar-refractivity contribution in [1.29, 1.82) is 0 Å². The minimum atomic E-state index is -0.387. The summed E-state index contributed by atoms with van der Waals surface area (Å²) in [6.45, 7) is 3.84. The number of anilines is 1. The van der Waals surface area contributed by atoms with Crippen LogP contribution < -0.4 is 5.32 Å². The molecule has 2 heterocycles. The number of benzene rings is 1. The average molecular weight is 418 g/mol. The molecule has 3 rings (SSSR count). The number of aryl methyl sites for hydroxylation is 2. The molecule has 0 unspecified atom stereocenters. The fraction of sp³-hybridized carbons (Fsp3) is 0.278. The lowest BCUT2D eigenvalue weighted by Crippen LogP contribution is -2.16. The van der Waals surface area contributed by atoms with E-state index < -0.39 is 0 Å². The molecular weight excluding hydrogens is 398 g/mol. The lowest BCUT2D eigenvalue weighted by Gasteiger charge is -2.11. The van der Waals surface area contributed by atoms with Crippen molar-refractivity contribution in [3.05, 3.63) is 41.0 Å². The van der Waals surface area contributed by atoms with Crippen molar-refractivity contribution in [3.63, 3.8) is 0 Å². The maximum atomic E-state index is 12.2. The van der Waals surface area contributed by atoms with Gasteiger partial charge in [-0.1, -0.05) is 52.9 Å². The molecule has 8 nitrogen and oxygen atoms in total.